The lowest BCUT2D eigenvalue weighted by Crippen LogP contribution is -2.16. The van der Waals surface area contributed by atoms with E-state index < -0.39 is 0 Å². The van der Waals surface area contributed by atoms with E-state index in [1.54, 1.807) is 0 Å². The Balaban J connectivity index is 1.07. The molecule has 2 heterocycles. The topological polar surface area (TPSA) is 60.6 Å². The van der Waals surface area contributed by atoms with E-state index in [1.165, 1.54) is 21.9 Å². The normalized spacial score (nSPS) is 12.2. The van der Waals surface area contributed by atoms with Crippen LogP contribution in [0.25, 0.3) is 77.2 Å². The Morgan fingerprint density at radius 2 is 0.919 bits per heavy atom. The van der Waals surface area contributed by atoms with Crippen LogP contribution >= 0.6 is 0 Å². The summed E-state index contributed by atoms with van der Waals surface area (Å²) in [5, 5.41) is 4.62. The highest BCUT2D eigenvalue weighted by atomic mass is 15.0. The lowest BCUT2D eigenvalue weighted by Gasteiger charge is -2.11. The molecule has 0 saturated carbocycles. The molecule has 0 saturated heterocycles. The fourth-order valence-electron chi connectivity index (χ4n) is 8.92. The van der Waals surface area contributed by atoms with Crippen molar-refractivity contribution in [1.29, 1.82) is 0 Å². The second kappa shape index (κ2) is 15.7. The molecule has 2 aromatic heterocycles. The van der Waals surface area contributed by atoms with Crippen molar-refractivity contribution in [3.8, 4) is 33.6 Å². The maximum Gasteiger partial charge on any atom is 0.158 e. The Morgan fingerprint density at radius 3 is 1.65 bits per heavy atom. The summed E-state index contributed by atoms with van der Waals surface area (Å²) in [5.74, 6) is 0.970. The van der Waals surface area contributed by atoms with Crippen LogP contribution in [0.5, 0.6) is 0 Å². The fourth-order valence-corrected chi connectivity index (χ4v) is 8.92. The highest BCUT2D eigenvalue weighted by Crippen LogP contribution is 2.36. The molecule has 0 fully saturated rings. The highest BCUT2D eigenvalue weighted by molar-refractivity contribution is 6.22. The van der Waals surface area contributed by atoms with Crippen molar-refractivity contribution in [2.24, 2.45) is 15.7 Å². The molecular formula is C57H41N5. The minimum Gasteiger partial charge on any atom is -0.383 e. The molecule has 0 aliphatic heterocycles. The monoisotopic (exact) mass is 795 g/mol. The van der Waals surface area contributed by atoms with Gasteiger partial charge in [0.25, 0.3) is 0 Å². The van der Waals surface area contributed by atoms with Crippen molar-refractivity contribution in [2.75, 3.05) is 0 Å². The molecule has 11 aromatic rings. The Kier molecular flexibility index (Phi) is 9.32. The molecule has 5 heteroatoms. The molecular weight excluding hydrogens is 755 g/mol. The molecule has 294 valence electrons. The summed E-state index contributed by atoms with van der Waals surface area (Å²) in [6.45, 7) is 0.401. The molecule has 0 aliphatic rings. The van der Waals surface area contributed by atoms with Crippen molar-refractivity contribution in [3.05, 3.63) is 241 Å². The number of benzene rings is 9. The number of aliphatic imine (C=N–C) groups is 2. The van der Waals surface area contributed by atoms with Crippen LogP contribution in [0.2, 0.25) is 0 Å². The number of hydrogen-bond donors (Lipinski definition) is 1. The first-order chi connectivity index (χ1) is 30.7. The first-order valence-corrected chi connectivity index (χ1v) is 21.0. The third-order valence-corrected chi connectivity index (χ3v) is 11.8. The first kappa shape index (κ1) is 36.8. The van der Waals surface area contributed by atoms with Crippen LogP contribution in [0.15, 0.2) is 234 Å². The first-order valence-electron chi connectivity index (χ1n) is 21.0. The van der Waals surface area contributed by atoms with E-state index in [0.29, 0.717) is 18.2 Å². The third-order valence-electron chi connectivity index (χ3n) is 11.8. The smallest absolute Gasteiger partial charge is 0.158 e. The Hall–Kier alpha value is -8.28. The largest absolute Gasteiger partial charge is 0.383 e. The van der Waals surface area contributed by atoms with Crippen LogP contribution in [0.4, 0.5) is 0 Å². The molecule has 5 nitrogen and oxygen atoms in total. The van der Waals surface area contributed by atoms with Gasteiger partial charge in [-0.05, 0) is 88.5 Å². The average molecular weight is 796 g/mol. The van der Waals surface area contributed by atoms with Gasteiger partial charge in [-0.15, -0.1) is 0 Å². The molecule has 0 amide bonds. The van der Waals surface area contributed by atoms with Crippen LogP contribution < -0.4 is 5.73 Å². The summed E-state index contributed by atoms with van der Waals surface area (Å²) >= 11 is 0. The van der Waals surface area contributed by atoms with E-state index in [0.717, 1.165) is 72.1 Å². The van der Waals surface area contributed by atoms with Crippen molar-refractivity contribution >= 4 is 55.3 Å². The molecule has 2 N–H and O–H groups in total. The van der Waals surface area contributed by atoms with E-state index in [-0.39, 0.29) is 0 Å². The summed E-state index contributed by atoms with van der Waals surface area (Å²) in [4.78, 5) is 10.7. The molecule has 11 rings (SSSR count). The fraction of sp³-hybridized carbons (Fsp3) is 0.0175. The Labute approximate surface area is 360 Å². The lowest BCUT2D eigenvalue weighted by atomic mass is 9.98. The van der Waals surface area contributed by atoms with Gasteiger partial charge in [-0.2, -0.15) is 0 Å². The van der Waals surface area contributed by atoms with E-state index in [4.69, 9.17) is 15.7 Å². The van der Waals surface area contributed by atoms with Gasteiger partial charge in [0, 0.05) is 44.0 Å². The van der Waals surface area contributed by atoms with Gasteiger partial charge in [0.05, 0.1) is 28.6 Å². The maximum absolute atomic E-state index is 7.09. The average Bonchev–Trinajstić information content (AvgIpc) is 3.86. The van der Waals surface area contributed by atoms with E-state index >= 15 is 0 Å². The van der Waals surface area contributed by atoms with Crippen molar-refractivity contribution in [2.45, 2.75) is 6.54 Å². The second-order valence-corrected chi connectivity index (χ2v) is 15.6. The number of nitrogens with two attached hydrogens (primary N) is 1. The van der Waals surface area contributed by atoms with E-state index in [1.807, 2.05) is 18.2 Å². The summed E-state index contributed by atoms with van der Waals surface area (Å²) in [7, 11) is 0. The summed E-state index contributed by atoms with van der Waals surface area (Å²) < 4.78 is 4.67. The molecule has 62 heavy (non-hydrogen) atoms. The quantitative estimate of drug-likeness (QED) is 0.121. The van der Waals surface area contributed by atoms with Gasteiger partial charge in [-0.1, -0.05) is 164 Å². The number of para-hydroxylation sites is 4. The van der Waals surface area contributed by atoms with E-state index in [2.05, 4.69) is 215 Å². The van der Waals surface area contributed by atoms with Crippen LogP contribution in [-0.2, 0) is 6.54 Å². The van der Waals surface area contributed by atoms with Gasteiger partial charge in [-0.3, -0.25) is 4.99 Å². The number of aromatic nitrogens is 2. The van der Waals surface area contributed by atoms with Gasteiger partial charge in [0.15, 0.2) is 5.84 Å². The third kappa shape index (κ3) is 6.62. The van der Waals surface area contributed by atoms with Crippen molar-refractivity contribution in [1.82, 2.24) is 9.13 Å². The van der Waals surface area contributed by atoms with Crippen LogP contribution in [0.1, 0.15) is 16.7 Å². The van der Waals surface area contributed by atoms with Gasteiger partial charge in [0.1, 0.15) is 5.84 Å². The minimum absolute atomic E-state index is 0.397. The Morgan fingerprint density at radius 1 is 0.403 bits per heavy atom. The molecule has 0 spiro atoms. The predicted octanol–water partition coefficient (Wildman–Crippen LogP) is 13.6. The summed E-state index contributed by atoms with van der Waals surface area (Å²) in [5.41, 5.74) is 21.1. The molecule has 0 bridgehead atoms. The van der Waals surface area contributed by atoms with Crippen LogP contribution in [0.3, 0.4) is 0 Å². The number of amidine groups is 2. The summed E-state index contributed by atoms with van der Waals surface area (Å²) in [6, 6.07) is 78.7. The number of nitrogens with zero attached hydrogens (tertiary/aromatic N) is 4. The zero-order valence-corrected chi connectivity index (χ0v) is 33.9. The number of rotatable bonds is 8. The highest BCUT2D eigenvalue weighted by Gasteiger charge is 2.19. The number of fused-ring (bicyclic) bond motifs is 6. The summed E-state index contributed by atoms with van der Waals surface area (Å²) in [6.07, 6.45) is 0. The number of hydrogen-bond acceptors (Lipinski definition) is 1. The molecule has 0 aliphatic carbocycles. The van der Waals surface area contributed by atoms with Gasteiger partial charge >= 0.3 is 0 Å². The molecule has 0 atom stereocenters. The zero-order chi connectivity index (χ0) is 41.4. The predicted molar refractivity (Wildman–Crippen MR) is 260 cm³/mol. The molecule has 9 aromatic carbocycles. The molecule has 0 unspecified atom stereocenters. The van der Waals surface area contributed by atoms with Gasteiger partial charge in [0.2, 0.25) is 0 Å². The molecule has 0 radical (unpaired) electrons. The zero-order valence-electron chi connectivity index (χ0n) is 33.9. The maximum atomic E-state index is 7.09. The SMILES string of the molecule is N/C(=N\C(=N/Cc1ccc2c3ccccc3n(-c3ccccc3)c2c1)c1cccc2c1c1ccccc1n2-c1ccccc1)c1cccc(-c2cccc(-c3ccccc3)c2)c1. The Bertz CT molecular complexity index is 3490. The minimum atomic E-state index is 0.397. The lowest BCUT2D eigenvalue weighted by molar-refractivity contribution is 1.06. The van der Waals surface area contributed by atoms with Gasteiger partial charge in [-0.25, -0.2) is 4.99 Å². The van der Waals surface area contributed by atoms with Crippen molar-refractivity contribution < 1.29 is 0 Å². The van der Waals surface area contributed by atoms with Crippen LogP contribution in [-0.4, -0.2) is 20.8 Å². The van der Waals surface area contributed by atoms with E-state index in [9.17, 15) is 0 Å². The second-order valence-electron chi connectivity index (χ2n) is 15.6. The van der Waals surface area contributed by atoms with Crippen molar-refractivity contribution in [3.63, 3.8) is 0 Å². The van der Waals surface area contributed by atoms with Gasteiger partial charge < -0.3 is 14.9 Å². The van der Waals surface area contributed by atoms with Crippen LogP contribution in [0, 0.1) is 0 Å². The standard InChI is InChI=1S/C57H41N5/c58-56(44-22-15-21-43(37-44)42-20-14-19-41(36-42)40-17-4-1-5-18-40)60-57(50-29-16-32-53-55(50)49-28-11-13-31-52(49)61(53)45-23-6-2-7-24-45)59-38-39-33-34-48-47-27-10-12-30-51(47)62(54(48)35-39)46-25-8-3-9-26-46/h1-37H,38H2,(H2,58,59,60).